The SMILES string of the molecule is CCCCOC(=O)c1ccccc1NCC(C)(C)C. The second-order valence-electron chi connectivity index (χ2n) is 5.95. The summed E-state index contributed by atoms with van der Waals surface area (Å²) in [6, 6.07) is 7.51. The summed E-state index contributed by atoms with van der Waals surface area (Å²) in [5.41, 5.74) is 1.63. The van der Waals surface area contributed by atoms with Crippen LogP contribution < -0.4 is 5.32 Å². The molecule has 0 bridgehead atoms. The van der Waals surface area contributed by atoms with Crippen molar-refractivity contribution in [2.45, 2.75) is 40.5 Å². The summed E-state index contributed by atoms with van der Waals surface area (Å²) >= 11 is 0. The van der Waals surface area contributed by atoms with Crippen LogP contribution in [0.3, 0.4) is 0 Å². The Morgan fingerprint density at radius 2 is 1.95 bits per heavy atom. The Morgan fingerprint density at radius 1 is 1.26 bits per heavy atom. The van der Waals surface area contributed by atoms with E-state index in [9.17, 15) is 4.79 Å². The van der Waals surface area contributed by atoms with Crippen LogP contribution in [0.4, 0.5) is 5.69 Å². The van der Waals surface area contributed by atoms with Gasteiger partial charge >= 0.3 is 5.97 Å². The van der Waals surface area contributed by atoms with Crippen LogP contribution in [0.2, 0.25) is 0 Å². The lowest BCUT2D eigenvalue weighted by Gasteiger charge is -2.20. The first-order valence-electron chi connectivity index (χ1n) is 6.94. The summed E-state index contributed by atoms with van der Waals surface area (Å²) in [4.78, 5) is 12.0. The van der Waals surface area contributed by atoms with Gasteiger partial charge < -0.3 is 10.1 Å². The van der Waals surface area contributed by atoms with Gasteiger partial charge in [0.15, 0.2) is 0 Å². The third-order valence-corrected chi connectivity index (χ3v) is 2.69. The average Bonchev–Trinajstić information content (AvgIpc) is 2.36. The molecular formula is C16H25NO2. The number of carbonyl (C=O) groups is 1. The zero-order valence-electron chi connectivity index (χ0n) is 12.5. The highest BCUT2D eigenvalue weighted by Crippen LogP contribution is 2.20. The number of hydrogen-bond acceptors (Lipinski definition) is 3. The van der Waals surface area contributed by atoms with Crippen molar-refractivity contribution in [1.82, 2.24) is 0 Å². The first kappa shape index (κ1) is 15.5. The predicted octanol–water partition coefficient (Wildman–Crippen LogP) is 4.10. The number of rotatable bonds is 6. The van der Waals surface area contributed by atoms with E-state index in [2.05, 4.69) is 33.0 Å². The number of anilines is 1. The smallest absolute Gasteiger partial charge is 0.340 e. The van der Waals surface area contributed by atoms with E-state index in [0.717, 1.165) is 25.1 Å². The van der Waals surface area contributed by atoms with Crippen molar-refractivity contribution >= 4 is 11.7 Å². The van der Waals surface area contributed by atoms with Crippen LogP contribution in [0.25, 0.3) is 0 Å². The number of para-hydroxylation sites is 1. The van der Waals surface area contributed by atoms with Crippen LogP contribution in [-0.2, 0) is 4.74 Å². The van der Waals surface area contributed by atoms with E-state index in [1.807, 2.05) is 18.2 Å². The van der Waals surface area contributed by atoms with Gasteiger partial charge in [-0.3, -0.25) is 0 Å². The summed E-state index contributed by atoms with van der Waals surface area (Å²) in [5, 5.41) is 3.32. The second kappa shape index (κ2) is 7.17. The number of esters is 1. The Kier molecular flexibility index (Phi) is 5.87. The van der Waals surface area contributed by atoms with Crippen LogP contribution in [0, 0.1) is 5.41 Å². The third-order valence-electron chi connectivity index (χ3n) is 2.69. The fourth-order valence-corrected chi connectivity index (χ4v) is 1.56. The van der Waals surface area contributed by atoms with E-state index >= 15 is 0 Å². The lowest BCUT2D eigenvalue weighted by Crippen LogP contribution is -2.20. The van der Waals surface area contributed by atoms with Crippen LogP contribution >= 0.6 is 0 Å². The molecule has 0 aliphatic rings. The van der Waals surface area contributed by atoms with Gasteiger partial charge in [0.1, 0.15) is 0 Å². The molecule has 3 heteroatoms. The average molecular weight is 263 g/mol. The van der Waals surface area contributed by atoms with Gasteiger partial charge in [-0.2, -0.15) is 0 Å². The molecule has 0 spiro atoms. The molecule has 106 valence electrons. The topological polar surface area (TPSA) is 38.3 Å². The van der Waals surface area contributed by atoms with E-state index in [4.69, 9.17) is 4.74 Å². The number of nitrogens with one attached hydrogen (secondary N) is 1. The van der Waals surface area contributed by atoms with Crippen molar-refractivity contribution in [2.24, 2.45) is 5.41 Å². The zero-order valence-corrected chi connectivity index (χ0v) is 12.5. The molecule has 19 heavy (non-hydrogen) atoms. The summed E-state index contributed by atoms with van der Waals surface area (Å²) in [6.45, 7) is 9.84. The Labute approximate surface area is 116 Å². The van der Waals surface area contributed by atoms with Crippen molar-refractivity contribution in [3.8, 4) is 0 Å². The molecule has 0 amide bonds. The molecular weight excluding hydrogens is 238 g/mol. The first-order chi connectivity index (χ1) is 8.94. The van der Waals surface area contributed by atoms with Crippen molar-refractivity contribution in [2.75, 3.05) is 18.5 Å². The summed E-state index contributed by atoms with van der Waals surface area (Å²) in [6.07, 6.45) is 1.93. The van der Waals surface area contributed by atoms with Crippen LogP contribution in [0.1, 0.15) is 50.9 Å². The number of hydrogen-bond donors (Lipinski definition) is 1. The van der Waals surface area contributed by atoms with Gasteiger partial charge in [0.2, 0.25) is 0 Å². The molecule has 1 N–H and O–H groups in total. The fourth-order valence-electron chi connectivity index (χ4n) is 1.56. The minimum atomic E-state index is -0.245. The predicted molar refractivity (Wildman–Crippen MR) is 79.6 cm³/mol. The van der Waals surface area contributed by atoms with Gasteiger partial charge in [-0.15, -0.1) is 0 Å². The van der Waals surface area contributed by atoms with Crippen LogP contribution in [0.15, 0.2) is 24.3 Å². The highest BCUT2D eigenvalue weighted by molar-refractivity contribution is 5.95. The van der Waals surface area contributed by atoms with Gasteiger partial charge in [0.05, 0.1) is 12.2 Å². The highest BCUT2D eigenvalue weighted by Gasteiger charge is 2.15. The van der Waals surface area contributed by atoms with E-state index in [1.165, 1.54) is 0 Å². The minimum Gasteiger partial charge on any atom is -0.462 e. The quantitative estimate of drug-likeness (QED) is 0.620. The van der Waals surface area contributed by atoms with Gasteiger partial charge in [-0.1, -0.05) is 46.2 Å². The van der Waals surface area contributed by atoms with E-state index in [-0.39, 0.29) is 11.4 Å². The van der Waals surface area contributed by atoms with Crippen molar-refractivity contribution in [3.05, 3.63) is 29.8 Å². The maximum Gasteiger partial charge on any atom is 0.340 e. The number of carbonyl (C=O) groups excluding carboxylic acids is 1. The maximum absolute atomic E-state index is 12.0. The molecule has 0 aromatic heterocycles. The standard InChI is InChI=1S/C16H25NO2/c1-5-6-11-19-15(18)13-9-7-8-10-14(13)17-12-16(2,3)4/h7-10,17H,5-6,11-12H2,1-4H3. The molecule has 1 aromatic carbocycles. The first-order valence-corrected chi connectivity index (χ1v) is 6.94. The molecule has 1 rings (SSSR count). The lowest BCUT2D eigenvalue weighted by atomic mass is 9.96. The van der Waals surface area contributed by atoms with Gasteiger partial charge in [-0.25, -0.2) is 4.79 Å². The van der Waals surface area contributed by atoms with Crippen LogP contribution in [0.5, 0.6) is 0 Å². The molecule has 0 heterocycles. The number of unbranched alkanes of at least 4 members (excludes halogenated alkanes) is 1. The number of benzene rings is 1. The summed E-state index contributed by atoms with van der Waals surface area (Å²) < 4.78 is 5.26. The molecule has 3 nitrogen and oxygen atoms in total. The Balaban J connectivity index is 2.69. The third kappa shape index (κ3) is 5.77. The monoisotopic (exact) mass is 263 g/mol. The second-order valence-corrected chi connectivity index (χ2v) is 5.95. The maximum atomic E-state index is 12.0. The van der Waals surface area contributed by atoms with Gasteiger partial charge in [0, 0.05) is 12.2 Å². The molecule has 0 unspecified atom stereocenters. The van der Waals surface area contributed by atoms with Gasteiger partial charge in [0.25, 0.3) is 0 Å². The minimum absolute atomic E-state index is 0.166. The van der Waals surface area contributed by atoms with Gasteiger partial charge in [-0.05, 0) is 24.0 Å². The van der Waals surface area contributed by atoms with Crippen molar-refractivity contribution in [1.29, 1.82) is 0 Å². The van der Waals surface area contributed by atoms with Crippen molar-refractivity contribution in [3.63, 3.8) is 0 Å². The molecule has 0 aliphatic carbocycles. The van der Waals surface area contributed by atoms with E-state index < -0.39 is 0 Å². The van der Waals surface area contributed by atoms with E-state index in [1.54, 1.807) is 6.07 Å². The fraction of sp³-hybridized carbons (Fsp3) is 0.562. The molecule has 0 fully saturated rings. The molecule has 0 saturated heterocycles. The molecule has 0 saturated carbocycles. The zero-order chi connectivity index (χ0) is 14.3. The molecule has 1 aromatic rings. The molecule has 0 radical (unpaired) electrons. The Morgan fingerprint density at radius 3 is 2.58 bits per heavy atom. The Bertz CT molecular complexity index is 407. The lowest BCUT2D eigenvalue weighted by molar-refractivity contribution is 0.0501. The summed E-state index contributed by atoms with van der Waals surface area (Å²) in [7, 11) is 0. The highest BCUT2D eigenvalue weighted by atomic mass is 16.5. The van der Waals surface area contributed by atoms with Crippen molar-refractivity contribution < 1.29 is 9.53 Å². The Hall–Kier alpha value is -1.51. The van der Waals surface area contributed by atoms with Crippen LogP contribution in [-0.4, -0.2) is 19.1 Å². The summed E-state index contributed by atoms with van der Waals surface area (Å²) in [5.74, 6) is -0.245. The number of ether oxygens (including phenoxy) is 1. The normalized spacial score (nSPS) is 11.2. The largest absolute Gasteiger partial charge is 0.462 e. The van der Waals surface area contributed by atoms with E-state index in [0.29, 0.717) is 12.2 Å². The molecule has 0 aliphatic heterocycles. The molecule has 0 atom stereocenters.